The van der Waals surface area contributed by atoms with Crippen LogP contribution in [0.25, 0.3) is 5.57 Å². The molecule has 0 unspecified atom stereocenters. The highest BCUT2D eigenvalue weighted by Crippen LogP contribution is 2.41. The molecule has 0 saturated carbocycles. The molecular formula is C20H24ClNS. The number of quaternary nitrogens is 1. The van der Waals surface area contributed by atoms with Gasteiger partial charge in [0.15, 0.2) is 0 Å². The van der Waals surface area contributed by atoms with Gasteiger partial charge in [-0.25, -0.2) is 0 Å². The van der Waals surface area contributed by atoms with Crippen LogP contribution in [0.4, 0.5) is 0 Å². The van der Waals surface area contributed by atoms with Crippen LogP contribution in [0.15, 0.2) is 53.4 Å². The molecule has 1 aliphatic heterocycles. The number of hydrogen-bond donors (Lipinski definition) is 1. The van der Waals surface area contributed by atoms with Gasteiger partial charge in [-0.3, -0.25) is 0 Å². The topological polar surface area (TPSA) is 4.44 Å². The lowest BCUT2D eigenvalue weighted by Crippen LogP contribution is -3.05. The first-order valence-corrected chi connectivity index (χ1v) is 8.95. The van der Waals surface area contributed by atoms with Crippen molar-refractivity contribution in [1.82, 2.24) is 0 Å². The Labute approximate surface area is 150 Å². The average Bonchev–Trinajstić information content (AvgIpc) is 2.66. The standard InChI is InChI=1S/C20H23NS.ClH/c1-15-8-6-11-19-18(12-7-13-21(2)3)17-10-5-4-9-16(17)14-22-20(15)19;/h4-6,8-12H,7,13-14H2,1-3H3;1H/b18-12+;. The van der Waals surface area contributed by atoms with Gasteiger partial charge in [0, 0.05) is 17.1 Å². The summed E-state index contributed by atoms with van der Waals surface area (Å²) in [4.78, 5) is 2.94. The van der Waals surface area contributed by atoms with Gasteiger partial charge in [0.05, 0.1) is 20.6 Å². The fourth-order valence-electron chi connectivity index (χ4n) is 2.99. The van der Waals surface area contributed by atoms with Crippen LogP contribution in [0.5, 0.6) is 0 Å². The predicted octanol–water partition coefficient (Wildman–Crippen LogP) is 0.571. The van der Waals surface area contributed by atoms with E-state index in [0.717, 1.165) is 12.2 Å². The zero-order valence-electron chi connectivity index (χ0n) is 14.0. The number of thioether (sulfide) groups is 1. The maximum Gasteiger partial charge on any atom is 0.0802 e. The van der Waals surface area contributed by atoms with E-state index >= 15 is 0 Å². The fourth-order valence-corrected chi connectivity index (χ4v) is 4.17. The second-order valence-electron chi connectivity index (χ2n) is 6.26. The van der Waals surface area contributed by atoms with Crippen molar-refractivity contribution in [2.45, 2.75) is 24.0 Å². The molecule has 0 aliphatic carbocycles. The Morgan fingerprint density at radius 3 is 2.57 bits per heavy atom. The minimum Gasteiger partial charge on any atom is -1.00 e. The lowest BCUT2D eigenvalue weighted by Gasteiger charge is -2.13. The van der Waals surface area contributed by atoms with Crippen molar-refractivity contribution in [1.29, 1.82) is 0 Å². The van der Waals surface area contributed by atoms with Gasteiger partial charge in [-0.15, -0.1) is 11.8 Å². The Morgan fingerprint density at radius 1 is 1.04 bits per heavy atom. The molecule has 1 N–H and O–H groups in total. The third-order valence-corrected chi connectivity index (χ3v) is 5.46. The minimum atomic E-state index is 0. The first-order chi connectivity index (χ1) is 10.7. The number of fused-ring (bicyclic) bond motifs is 2. The van der Waals surface area contributed by atoms with Crippen LogP contribution in [-0.2, 0) is 5.75 Å². The van der Waals surface area contributed by atoms with E-state index in [9.17, 15) is 0 Å². The molecule has 3 rings (SSSR count). The number of halogens is 1. The minimum absolute atomic E-state index is 0. The van der Waals surface area contributed by atoms with Crippen LogP contribution in [0, 0.1) is 6.92 Å². The van der Waals surface area contributed by atoms with Gasteiger partial charge >= 0.3 is 0 Å². The van der Waals surface area contributed by atoms with Crippen LogP contribution in [0.1, 0.15) is 28.7 Å². The molecule has 1 nitrogen and oxygen atoms in total. The highest BCUT2D eigenvalue weighted by molar-refractivity contribution is 7.98. The van der Waals surface area contributed by atoms with Gasteiger partial charge in [0.1, 0.15) is 0 Å². The van der Waals surface area contributed by atoms with Crippen molar-refractivity contribution in [3.8, 4) is 0 Å². The number of nitrogens with one attached hydrogen (secondary N) is 1. The molecular weight excluding hydrogens is 322 g/mol. The third-order valence-electron chi connectivity index (χ3n) is 4.17. The van der Waals surface area contributed by atoms with E-state index in [4.69, 9.17) is 0 Å². The molecule has 0 saturated heterocycles. The summed E-state index contributed by atoms with van der Waals surface area (Å²) in [6.07, 6.45) is 3.56. The van der Waals surface area contributed by atoms with Crippen molar-refractivity contribution >= 4 is 17.3 Å². The maximum absolute atomic E-state index is 2.44. The van der Waals surface area contributed by atoms with E-state index in [0.29, 0.717) is 0 Å². The Balaban J connectivity index is 0.00000192. The second kappa shape index (κ2) is 8.05. The Hall–Kier alpha value is -1.22. The summed E-state index contributed by atoms with van der Waals surface area (Å²) in [6, 6.07) is 15.6. The molecule has 0 atom stereocenters. The molecule has 1 aliphatic rings. The molecule has 0 radical (unpaired) electrons. The summed E-state index contributed by atoms with van der Waals surface area (Å²) < 4.78 is 0. The molecule has 122 valence electrons. The van der Waals surface area contributed by atoms with Crippen molar-refractivity contribution in [3.63, 3.8) is 0 Å². The van der Waals surface area contributed by atoms with Crippen molar-refractivity contribution < 1.29 is 17.3 Å². The van der Waals surface area contributed by atoms with E-state index in [1.807, 2.05) is 11.8 Å². The zero-order chi connectivity index (χ0) is 15.5. The lowest BCUT2D eigenvalue weighted by atomic mass is 9.93. The van der Waals surface area contributed by atoms with Crippen LogP contribution in [0.2, 0.25) is 0 Å². The highest BCUT2D eigenvalue weighted by atomic mass is 35.5. The smallest absolute Gasteiger partial charge is 0.0802 e. The molecule has 0 amide bonds. The normalized spacial score (nSPS) is 14.9. The van der Waals surface area contributed by atoms with Crippen molar-refractivity contribution in [2.75, 3.05) is 20.6 Å². The quantitative estimate of drug-likeness (QED) is 0.852. The molecule has 0 bridgehead atoms. The maximum atomic E-state index is 2.44. The zero-order valence-corrected chi connectivity index (χ0v) is 15.6. The summed E-state index contributed by atoms with van der Waals surface area (Å²) >= 11 is 1.98. The SMILES string of the molecule is Cc1cccc2c1SCc1ccccc1/C2=C\CC[NH+](C)C.[Cl-]. The largest absolute Gasteiger partial charge is 1.00 e. The van der Waals surface area contributed by atoms with E-state index in [2.05, 4.69) is 69.6 Å². The summed E-state index contributed by atoms with van der Waals surface area (Å²) in [5, 5.41) is 0. The first kappa shape index (κ1) is 18.1. The molecule has 0 fully saturated rings. The number of aryl methyl sites for hydroxylation is 1. The molecule has 3 heteroatoms. The molecule has 1 heterocycles. The van der Waals surface area contributed by atoms with E-state index in [1.54, 1.807) is 0 Å². The van der Waals surface area contributed by atoms with Gasteiger partial charge in [-0.05, 0) is 34.8 Å². The fraction of sp³-hybridized carbons (Fsp3) is 0.300. The number of rotatable bonds is 3. The van der Waals surface area contributed by atoms with Gasteiger partial charge < -0.3 is 17.3 Å². The van der Waals surface area contributed by atoms with Crippen LogP contribution >= 0.6 is 11.8 Å². The lowest BCUT2D eigenvalue weighted by molar-refractivity contribution is -0.857. The molecule has 0 spiro atoms. The van der Waals surface area contributed by atoms with Crippen LogP contribution < -0.4 is 17.3 Å². The van der Waals surface area contributed by atoms with Crippen molar-refractivity contribution in [2.24, 2.45) is 0 Å². The number of benzene rings is 2. The summed E-state index contributed by atoms with van der Waals surface area (Å²) in [7, 11) is 4.43. The number of hydrogen-bond acceptors (Lipinski definition) is 1. The van der Waals surface area contributed by atoms with Crippen LogP contribution in [-0.4, -0.2) is 20.6 Å². The Bertz CT molecular complexity index is 707. The molecule has 2 aromatic carbocycles. The summed E-state index contributed by atoms with van der Waals surface area (Å²) in [6.45, 7) is 3.39. The molecule has 0 aromatic heterocycles. The van der Waals surface area contributed by atoms with Gasteiger partial charge in [-0.2, -0.15) is 0 Å². The molecule has 23 heavy (non-hydrogen) atoms. The first-order valence-electron chi connectivity index (χ1n) is 7.97. The van der Waals surface area contributed by atoms with Crippen molar-refractivity contribution in [3.05, 3.63) is 70.8 Å². The summed E-state index contributed by atoms with van der Waals surface area (Å²) in [5.74, 6) is 1.06. The van der Waals surface area contributed by atoms with Gasteiger partial charge in [0.2, 0.25) is 0 Å². The van der Waals surface area contributed by atoms with E-state index < -0.39 is 0 Å². The van der Waals surface area contributed by atoms with E-state index in [-0.39, 0.29) is 12.4 Å². The Kier molecular flexibility index (Phi) is 6.34. The van der Waals surface area contributed by atoms with Gasteiger partial charge in [-0.1, -0.05) is 48.5 Å². The van der Waals surface area contributed by atoms with Gasteiger partial charge in [0.25, 0.3) is 0 Å². The predicted molar refractivity (Wildman–Crippen MR) is 96.6 cm³/mol. The average molecular weight is 346 g/mol. The third kappa shape index (κ3) is 4.00. The van der Waals surface area contributed by atoms with E-state index in [1.165, 1.54) is 44.2 Å². The second-order valence-corrected chi connectivity index (χ2v) is 7.25. The van der Waals surface area contributed by atoms with Crippen LogP contribution in [0.3, 0.4) is 0 Å². The molecule has 2 aromatic rings. The monoisotopic (exact) mass is 345 g/mol. The highest BCUT2D eigenvalue weighted by Gasteiger charge is 2.19. The Morgan fingerprint density at radius 2 is 1.78 bits per heavy atom. The summed E-state index contributed by atoms with van der Waals surface area (Å²) in [5.41, 5.74) is 7.07.